The number of carbonyl (C=O) groups is 2. The highest BCUT2D eigenvalue weighted by molar-refractivity contribution is 5.99. The van der Waals surface area contributed by atoms with Gasteiger partial charge in [0, 0.05) is 19.4 Å². The van der Waals surface area contributed by atoms with Gasteiger partial charge in [-0.1, -0.05) is 13.8 Å². The summed E-state index contributed by atoms with van der Waals surface area (Å²) in [5, 5.41) is 5.46. The Bertz CT molecular complexity index is 470. The number of amides is 2. The average Bonchev–Trinajstić information content (AvgIpc) is 2.29. The molecule has 104 valence electrons. The summed E-state index contributed by atoms with van der Waals surface area (Å²) in [6.45, 7) is 5.36. The first-order valence-electron chi connectivity index (χ1n) is 6.18. The second kappa shape index (κ2) is 6.78. The number of ether oxygens (including phenoxy) is 1. The van der Waals surface area contributed by atoms with Crippen molar-refractivity contribution in [3.8, 4) is 5.75 Å². The third-order valence-electron chi connectivity index (χ3n) is 2.41. The Kier molecular flexibility index (Phi) is 5.36. The summed E-state index contributed by atoms with van der Waals surface area (Å²) in [6, 6.07) is 5.11. The minimum Gasteiger partial charge on any atom is -0.497 e. The van der Waals surface area contributed by atoms with Gasteiger partial charge in [0.15, 0.2) is 0 Å². The Morgan fingerprint density at radius 3 is 2.42 bits per heavy atom. The van der Waals surface area contributed by atoms with Gasteiger partial charge in [0.1, 0.15) is 5.75 Å². The maximum absolute atomic E-state index is 11.8. The van der Waals surface area contributed by atoms with Crippen LogP contribution in [-0.4, -0.2) is 18.9 Å². The summed E-state index contributed by atoms with van der Waals surface area (Å²) in [5.41, 5.74) is 1.10. The maximum atomic E-state index is 11.8. The fourth-order valence-corrected chi connectivity index (χ4v) is 1.62. The SMILES string of the molecule is COc1ccc(NC(C)=O)c(NC(=O)CC(C)C)c1. The normalized spacial score (nSPS) is 10.2. The second-order valence-electron chi connectivity index (χ2n) is 4.74. The molecule has 0 unspecified atom stereocenters. The molecule has 0 aromatic heterocycles. The molecule has 0 fully saturated rings. The zero-order valence-electron chi connectivity index (χ0n) is 11.7. The van der Waals surface area contributed by atoms with Crippen molar-refractivity contribution in [1.82, 2.24) is 0 Å². The van der Waals surface area contributed by atoms with E-state index < -0.39 is 0 Å². The highest BCUT2D eigenvalue weighted by atomic mass is 16.5. The van der Waals surface area contributed by atoms with Crippen molar-refractivity contribution in [2.45, 2.75) is 27.2 Å². The highest BCUT2D eigenvalue weighted by Crippen LogP contribution is 2.27. The minimum absolute atomic E-state index is 0.0881. The molecule has 1 aromatic carbocycles. The Labute approximate surface area is 113 Å². The van der Waals surface area contributed by atoms with Gasteiger partial charge in [-0.05, 0) is 18.1 Å². The van der Waals surface area contributed by atoms with E-state index in [0.29, 0.717) is 23.5 Å². The molecule has 0 aliphatic heterocycles. The van der Waals surface area contributed by atoms with Gasteiger partial charge in [-0.25, -0.2) is 0 Å². The summed E-state index contributed by atoms with van der Waals surface area (Å²) in [4.78, 5) is 22.9. The molecule has 0 radical (unpaired) electrons. The number of anilines is 2. The first-order valence-corrected chi connectivity index (χ1v) is 6.18. The largest absolute Gasteiger partial charge is 0.497 e. The van der Waals surface area contributed by atoms with Gasteiger partial charge in [0.05, 0.1) is 18.5 Å². The van der Waals surface area contributed by atoms with E-state index in [1.54, 1.807) is 25.3 Å². The lowest BCUT2D eigenvalue weighted by Gasteiger charge is -2.13. The van der Waals surface area contributed by atoms with Crippen LogP contribution in [0.3, 0.4) is 0 Å². The van der Waals surface area contributed by atoms with Crippen LogP contribution in [0.1, 0.15) is 27.2 Å². The van der Waals surface area contributed by atoms with Crippen molar-refractivity contribution in [3.63, 3.8) is 0 Å². The summed E-state index contributed by atoms with van der Waals surface area (Å²) in [5.74, 6) is 0.614. The summed E-state index contributed by atoms with van der Waals surface area (Å²) in [7, 11) is 1.55. The molecule has 1 aromatic rings. The molecule has 0 spiro atoms. The molecule has 0 bridgehead atoms. The Balaban J connectivity index is 2.93. The van der Waals surface area contributed by atoms with Crippen molar-refractivity contribution >= 4 is 23.2 Å². The van der Waals surface area contributed by atoms with Crippen molar-refractivity contribution < 1.29 is 14.3 Å². The molecular weight excluding hydrogens is 244 g/mol. The predicted octanol–water partition coefficient (Wildman–Crippen LogP) is 2.64. The summed E-state index contributed by atoms with van der Waals surface area (Å²) >= 11 is 0. The van der Waals surface area contributed by atoms with Crippen LogP contribution in [0.5, 0.6) is 5.75 Å². The predicted molar refractivity (Wildman–Crippen MR) is 75.4 cm³/mol. The van der Waals surface area contributed by atoms with E-state index in [9.17, 15) is 9.59 Å². The Morgan fingerprint density at radius 1 is 1.21 bits per heavy atom. The number of nitrogens with one attached hydrogen (secondary N) is 2. The van der Waals surface area contributed by atoms with E-state index in [1.165, 1.54) is 6.92 Å². The van der Waals surface area contributed by atoms with Crippen molar-refractivity contribution in [2.24, 2.45) is 5.92 Å². The summed E-state index contributed by atoms with van der Waals surface area (Å²) in [6.07, 6.45) is 0.427. The number of hydrogen-bond donors (Lipinski definition) is 2. The maximum Gasteiger partial charge on any atom is 0.224 e. The van der Waals surface area contributed by atoms with Gasteiger partial charge < -0.3 is 15.4 Å². The first-order chi connectivity index (χ1) is 8.92. The molecule has 5 heteroatoms. The molecule has 2 N–H and O–H groups in total. The average molecular weight is 264 g/mol. The van der Waals surface area contributed by atoms with Gasteiger partial charge >= 0.3 is 0 Å². The van der Waals surface area contributed by atoms with E-state index >= 15 is 0 Å². The van der Waals surface area contributed by atoms with Crippen LogP contribution in [0.25, 0.3) is 0 Å². The van der Waals surface area contributed by atoms with E-state index in [1.807, 2.05) is 13.8 Å². The van der Waals surface area contributed by atoms with Crippen LogP contribution < -0.4 is 15.4 Å². The van der Waals surface area contributed by atoms with Crippen molar-refractivity contribution in [3.05, 3.63) is 18.2 Å². The molecule has 0 aliphatic rings. The summed E-state index contributed by atoms with van der Waals surface area (Å²) < 4.78 is 5.11. The standard InChI is InChI=1S/C14H20N2O3/c1-9(2)7-14(18)16-13-8-11(19-4)5-6-12(13)15-10(3)17/h5-6,8-9H,7H2,1-4H3,(H,15,17)(H,16,18). The third kappa shape index (κ3) is 4.99. The molecule has 2 amide bonds. The topological polar surface area (TPSA) is 67.4 Å². The van der Waals surface area contributed by atoms with E-state index in [0.717, 1.165) is 0 Å². The molecule has 0 heterocycles. The molecule has 1 rings (SSSR count). The molecule has 19 heavy (non-hydrogen) atoms. The fraction of sp³-hybridized carbons (Fsp3) is 0.429. The van der Waals surface area contributed by atoms with E-state index in [4.69, 9.17) is 4.74 Å². The van der Waals surface area contributed by atoms with Crippen molar-refractivity contribution in [1.29, 1.82) is 0 Å². The fourth-order valence-electron chi connectivity index (χ4n) is 1.62. The molecule has 0 saturated heterocycles. The smallest absolute Gasteiger partial charge is 0.224 e. The van der Waals surface area contributed by atoms with Crippen LogP contribution >= 0.6 is 0 Å². The number of rotatable bonds is 5. The van der Waals surface area contributed by atoms with Gasteiger partial charge in [-0.15, -0.1) is 0 Å². The van der Waals surface area contributed by atoms with Gasteiger partial charge in [0.25, 0.3) is 0 Å². The number of hydrogen-bond acceptors (Lipinski definition) is 3. The number of benzene rings is 1. The van der Waals surface area contributed by atoms with Gasteiger partial charge in [-0.3, -0.25) is 9.59 Å². The number of methoxy groups -OCH3 is 1. The lowest BCUT2D eigenvalue weighted by molar-refractivity contribution is -0.117. The molecule has 0 aliphatic carbocycles. The first kappa shape index (κ1) is 15.0. The molecular formula is C14H20N2O3. The Hall–Kier alpha value is -2.04. The van der Waals surface area contributed by atoms with Gasteiger partial charge in [0.2, 0.25) is 11.8 Å². The molecule has 5 nitrogen and oxygen atoms in total. The lowest BCUT2D eigenvalue weighted by Crippen LogP contribution is -2.16. The lowest BCUT2D eigenvalue weighted by atomic mass is 10.1. The van der Waals surface area contributed by atoms with Crippen LogP contribution in [0, 0.1) is 5.92 Å². The Morgan fingerprint density at radius 2 is 1.89 bits per heavy atom. The quantitative estimate of drug-likeness (QED) is 0.859. The van der Waals surface area contributed by atoms with Crippen LogP contribution in [0.2, 0.25) is 0 Å². The second-order valence-corrected chi connectivity index (χ2v) is 4.74. The zero-order valence-corrected chi connectivity index (χ0v) is 11.7. The van der Waals surface area contributed by atoms with Crippen LogP contribution in [0.4, 0.5) is 11.4 Å². The minimum atomic E-state index is -0.190. The highest BCUT2D eigenvalue weighted by Gasteiger charge is 2.10. The van der Waals surface area contributed by atoms with Crippen LogP contribution in [-0.2, 0) is 9.59 Å². The monoisotopic (exact) mass is 264 g/mol. The van der Waals surface area contributed by atoms with Crippen molar-refractivity contribution in [2.75, 3.05) is 17.7 Å². The third-order valence-corrected chi connectivity index (χ3v) is 2.41. The van der Waals surface area contributed by atoms with Crippen LogP contribution in [0.15, 0.2) is 18.2 Å². The molecule has 0 saturated carbocycles. The van der Waals surface area contributed by atoms with E-state index in [2.05, 4.69) is 10.6 Å². The van der Waals surface area contributed by atoms with Gasteiger partial charge in [-0.2, -0.15) is 0 Å². The van der Waals surface area contributed by atoms with E-state index in [-0.39, 0.29) is 17.7 Å². The molecule has 0 atom stereocenters. The zero-order chi connectivity index (χ0) is 14.4. The number of carbonyl (C=O) groups excluding carboxylic acids is 2.